The number of esters is 1. The third-order valence-electron chi connectivity index (χ3n) is 5.18. The molecule has 5 heteroatoms. The number of hydrogen-bond donors (Lipinski definition) is 0. The van der Waals surface area contributed by atoms with Crippen LogP contribution < -0.4 is 0 Å². The van der Waals surface area contributed by atoms with Crippen LogP contribution in [0.25, 0.3) is 0 Å². The minimum atomic E-state index is -1.95. The van der Waals surface area contributed by atoms with Gasteiger partial charge in [-0.3, -0.25) is 4.79 Å². The molecule has 0 heterocycles. The largest absolute Gasteiger partial charge is 0.469 e. The minimum Gasteiger partial charge on any atom is -0.469 e. The zero-order valence-electron chi connectivity index (χ0n) is 14.5. The zero-order chi connectivity index (χ0) is 16.5. The van der Waals surface area contributed by atoms with Crippen molar-refractivity contribution in [1.82, 2.24) is 0 Å². The summed E-state index contributed by atoms with van der Waals surface area (Å²) in [6, 6.07) is 0. The monoisotopic (exact) mass is 314 g/mol. The number of carbonyl (C=O) groups excluding carboxylic acids is 2. The van der Waals surface area contributed by atoms with Gasteiger partial charge in [0.15, 0.2) is 8.32 Å². The number of carbonyl (C=O) groups is 2. The van der Waals surface area contributed by atoms with E-state index in [0.29, 0.717) is 6.42 Å². The molecule has 21 heavy (non-hydrogen) atoms. The first-order chi connectivity index (χ1) is 9.46. The van der Waals surface area contributed by atoms with Crippen molar-refractivity contribution in [1.29, 1.82) is 0 Å². The summed E-state index contributed by atoms with van der Waals surface area (Å²) in [5, 5.41) is 0.0963. The van der Waals surface area contributed by atoms with Crippen LogP contribution >= 0.6 is 0 Å². The first-order valence-corrected chi connectivity index (χ1v) is 10.6. The highest BCUT2D eigenvalue weighted by molar-refractivity contribution is 6.74. The second-order valence-corrected chi connectivity index (χ2v) is 12.8. The van der Waals surface area contributed by atoms with Crippen molar-refractivity contribution < 1.29 is 18.8 Å². The average Bonchev–Trinajstić information content (AvgIpc) is 2.38. The van der Waals surface area contributed by atoms with Crippen molar-refractivity contribution >= 4 is 20.6 Å². The highest BCUT2D eigenvalue weighted by atomic mass is 28.4. The molecule has 0 aliphatic heterocycles. The standard InChI is InChI=1S/C16H30O4Si/c1-15(2,3)21(6,7)20-13-8-9-16(4,11-17)10-12(13)14(18)19-5/h11-13H,8-10H2,1-7H3/t12-,13+,16-/m0/s1. The molecule has 4 nitrogen and oxygen atoms in total. The molecular weight excluding hydrogens is 284 g/mol. The maximum absolute atomic E-state index is 12.1. The van der Waals surface area contributed by atoms with Gasteiger partial charge in [0.25, 0.3) is 0 Å². The maximum Gasteiger partial charge on any atom is 0.311 e. The lowest BCUT2D eigenvalue weighted by atomic mass is 9.70. The van der Waals surface area contributed by atoms with Crippen molar-refractivity contribution in [2.75, 3.05) is 7.11 Å². The van der Waals surface area contributed by atoms with Crippen LogP contribution in [0.1, 0.15) is 47.0 Å². The summed E-state index contributed by atoms with van der Waals surface area (Å²) in [4.78, 5) is 23.4. The molecule has 122 valence electrons. The van der Waals surface area contributed by atoms with Gasteiger partial charge in [0.05, 0.1) is 19.1 Å². The SMILES string of the molecule is COC(=O)[C@H]1C[C@@](C)(C=O)CC[C@H]1O[Si](C)(C)C(C)(C)C. The van der Waals surface area contributed by atoms with E-state index in [4.69, 9.17) is 9.16 Å². The fourth-order valence-electron chi connectivity index (χ4n) is 2.60. The molecule has 0 aromatic heterocycles. The topological polar surface area (TPSA) is 52.6 Å². The predicted octanol–water partition coefficient (Wildman–Crippen LogP) is 3.56. The first-order valence-electron chi connectivity index (χ1n) is 7.68. The highest BCUT2D eigenvalue weighted by Gasteiger charge is 2.47. The molecule has 1 aliphatic carbocycles. The molecule has 1 saturated carbocycles. The summed E-state index contributed by atoms with van der Waals surface area (Å²) in [7, 11) is -0.544. The van der Waals surface area contributed by atoms with E-state index in [1.165, 1.54) is 7.11 Å². The molecule has 0 amide bonds. The van der Waals surface area contributed by atoms with E-state index < -0.39 is 13.7 Å². The molecule has 1 rings (SSSR count). The number of ether oxygens (including phenoxy) is 1. The molecular formula is C16H30O4Si. The third kappa shape index (κ3) is 4.16. The quantitative estimate of drug-likeness (QED) is 0.452. The number of aldehydes is 1. The van der Waals surface area contributed by atoms with Crippen molar-refractivity contribution in [3.8, 4) is 0 Å². The molecule has 0 bridgehead atoms. The van der Waals surface area contributed by atoms with E-state index in [1.807, 2.05) is 6.92 Å². The van der Waals surface area contributed by atoms with Crippen LogP contribution in [0.2, 0.25) is 18.1 Å². The minimum absolute atomic E-state index is 0.0963. The molecule has 0 saturated heterocycles. The van der Waals surface area contributed by atoms with Crippen LogP contribution in [-0.2, 0) is 18.8 Å². The fourth-order valence-corrected chi connectivity index (χ4v) is 3.99. The highest BCUT2D eigenvalue weighted by Crippen LogP contribution is 2.44. The molecule has 3 atom stereocenters. The van der Waals surface area contributed by atoms with Crippen LogP contribution in [0.4, 0.5) is 0 Å². The lowest BCUT2D eigenvalue weighted by Gasteiger charge is -2.45. The van der Waals surface area contributed by atoms with Gasteiger partial charge in [0, 0.05) is 5.41 Å². The summed E-state index contributed by atoms with van der Waals surface area (Å²) in [5.74, 6) is -0.598. The smallest absolute Gasteiger partial charge is 0.311 e. The Kier molecular flexibility index (Phi) is 5.43. The summed E-state index contributed by atoms with van der Waals surface area (Å²) in [6.45, 7) is 12.8. The van der Waals surface area contributed by atoms with E-state index in [-0.39, 0.29) is 23.0 Å². The second kappa shape index (κ2) is 6.21. The van der Waals surface area contributed by atoms with Gasteiger partial charge in [0.1, 0.15) is 6.29 Å². The fraction of sp³-hybridized carbons (Fsp3) is 0.875. The lowest BCUT2D eigenvalue weighted by Crippen LogP contribution is -2.50. The summed E-state index contributed by atoms with van der Waals surface area (Å²) < 4.78 is 11.4. The number of methoxy groups -OCH3 is 1. The third-order valence-corrected chi connectivity index (χ3v) is 9.68. The number of hydrogen-bond acceptors (Lipinski definition) is 4. The molecule has 0 spiro atoms. The van der Waals surface area contributed by atoms with Crippen LogP contribution in [0.3, 0.4) is 0 Å². The van der Waals surface area contributed by atoms with Gasteiger partial charge in [-0.15, -0.1) is 0 Å². The van der Waals surface area contributed by atoms with Gasteiger partial charge < -0.3 is 14.0 Å². The van der Waals surface area contributed by atoms with Crippen LogP contribution in [-0.4, -0.2) is 33.8 Å². The van der Waals surface area contributed by atoms with E-state index in [1.54, 1.807) is 0 Å². The Morgan fingerprint density at radius 1 is 1.33 bits per heavy atom. The molecule has 0 aromatic carbocycles. The molecule has 1 fully saturated rings. The van der Waals surface area contributed by atoms with Crippen molar-refractivity contribution in [3.05, 3.63) is 0 Å². The number of rotatable bonds is 4. The molecule has 0 N–H and O–H groups in total. The van der Waals surface area contributed by atoms with E-state index >= 15 is 0 Å². The normalized spacial score (nSPS) is 30.8. The summed E-state index contributed by atoms with van der Waals surface area (Å²) in [6.07, 6.45) is 2.87. The van der Waals surface area contributed by atoms with Gasteiger partial charge in [-0.1, -0.05) is 27.7 Å². The van der Waals surface area contributed by atoms with Crippen LogP contribution in [0, 0.1) is 11.3 Å². The van der Waals surface area contributed by atoms with Gasteiger partial charge >= 0.3 is 5.97 Å². The van der Waals surface area contributed by atoms with Gasteiger partial charge in [-0.2, -0.15) is 0 Å². The Labute approximate surface area is 129 Å². The molecule has 1 aliphatic rings. The molecule has 0 radical (unpaired) electrons. The molecule has 0 aromatic rings. The van der Waals surface area contributed by atoms with Crippen LogP contribution in [0.5, 0.6) is 0 Å². The van der Waals surface area contributed by atoms with E-state index in [2.05, 4.69) is 33.9 Å². The van der Waals surface area contributed by atoms with Gasteiger partial charge in [-0.25, -0.2) is 0 Å². The zero-order valence-corrected chi connectivity index (χ0v) is 15.5. The van der Waals surface area contributed by atoms with E-state index in [0.717, 1.165) is 19.1 Å². The maximum atomic E-state index is 12.1. The van der Waals surface area contributed by atoms with Gasteiger partial charge in [-0.05, 0) is 37.4 Å². The van der Waals surface area contributed by atoms with Crippen molar-refractivity contribution in [2.24, 2.45) is 11.3 Å². The Balaban J connectivity index is 2.95. The summed E-state index contributed by atoms with van der Waals surface area (Å²) in [5.41, 5.74) is -0.438. The second-order valence-electron chi connectivity index (χ2n) is 8.06. The molecule has 0 unspecified atom stereocenters. The van der Waals surface area contributed by atoms with Crippen molar-refractivity contribution in [2.45, 2.75) is 71.2 Å². The van der Waals surface area contributed by atoms with Crippen LogP contribution in [0.15, 0.2) is 0 Å². The first kappa shape index (κ1) is 18.4. The predicted molar refractivity (Wildman–Crippen MR) is 85.6 cm³/mol. The Bertz CT molecular complexity index is 400. The van der Waals surface area contributed by atoms with Crippen molar-refractivity contribution in [3.63, 3.8) is 0 Å². The average molecular weight is 314 g/mol. The lowest BCUT2D eigenvalue weighted by molar-refractivity contribution is -0.153. The summed E-state index contributed by atoms with van der Waals surface area (Å²) >= 11 is 0. The Hall–Kier alpha value is -0.683. The Morgan fingerprint density at radius 3 is 2.33 bits per heavy atom. The Morgan fingerprint density at radius 2 is 1.90 bits per heavy atom. The van der Waals surface area contributed by atoms with Gasteiger partial charge in [0.2, 0.25) is 0 Å². The van der Waals surface area contributed by atoms with E-state index in [9.17, 15) is 9.59 Å².